The molecule has 1 unspecified atom stereocenters. The molecule has 22 heavy (non-hydrogen) atoms. The molecule has 7 nitrogen and oxygen atoms in total. The molecule has 3 rings (SSSR count). The number of halogens is 1. The second-order valence-corrected chi connectivity index (χ2v) is 6.16. The number of nitro groups is 1. The first-order chi connectivity index (χ1) is 10.6. The number of thiazole rings is 1. The third-order valence-electron chi connectivity index (χ3n) is 3.34. The van der Waals surface area contributed by atoms with E-state index >= 15 is 0 Å². The molecule has 1 fully saturated rings. The summed E-state index contributed by atoms with van der Waals surface area (Å²) in [6.45, 7) is 3.58. The third-order valence-corrected chi connectivity index (χ3v) is 4.68. The van der Waals surface area contributed by atoms with Crippen molar-refractivity contribution in [1.82, 2.24) is 9.97 Å². The van der Waals surface area contributed by atoms with E-state index in [-0.39, 0.29) is 16.8 Å². The fraction of sp³-hybridized carbons (Fsp3) is 0.385. The fourth-order valence-corrected chi connectivity index (χ4v) is 3.48. The van der Waals surface area contributed by atoms with Crippen molar-refractivity contribution in [1.29, 1.82) is 0 Å². The van der Waals surface area contributed by atoms with Crippen molar-refractivity contribution in [3.8, 4) is 0 Å². The van der Waals surface area contributed by atoms with Gasteiger partial charge in [-0.25, -0.2) is 9.97 Å². The zero-order valence-electron chi connectivity index (χ0n) is 11.7. The predicted octanol–water partition coefficient (Wildman–Crippen LogP) is 2.99. The van der Waals surface area contributed by atoms with E-state index in [1.54, 1.807) is 11.3 Å². The highest BCUT2D eigenvalue weighted by molar-refractivity contribution is 7.09. The van der Waals surface area contributed by atoms with Crippen LogP contribution >= 0.6 is 22.9 Å². The van der Waals surface area contributed by atoms with Gasteiger partial charge >= 0.3 is 0 Å². The van der Waals surface area contributed by atoms with Gasteiger partial charge in [0.1, 0.15) is 23.1 Å². The Kier molecular flexibility index (Phi) is 4.23. The smallest absolute Gasteiger partial charge is 0.289 e. The van der Waals surface area contributed by atoms with Crippen LogP contribution in [0.3, 0.4) is 0 Å². The van der Waals surface area contributed by atoms with Gasteiger partial charge < -0.3 is 9.64 Å². The average molecular weight is 341 g/mol. The zero-order valence-corrected chi connectivity index (χ0v) is 13.3. The largest absolute Gasteiger partial charge is 0.377 e. The normalized spacial score (nSPS) is 18.5. The standard InChI is InChI=1S/C13H13ClN4O3S/c1-8-7-22-13(16-8)11-6-21-3-2-17(11)12-10(14)4-9(5-15-12)18(19)20/h4-5,7,11H,2-3,6H2,1H3. The summed E-state index contributed by atoms with van der Waals surface area (Å²) in [4.78, 5) is 21.0. The van der Waals surface area contributed by atoms with E-state index in [1.165, 1.54) is 12.3 Å². The third kappa shape index (κ3) is 2.90. The Morgan fingerprint density at radius 3 is 3.05 bits per heavy atom. The second-order valence-electron chi connectivity index (χ2n) is 4.87. The molecule has 2 aromatic heterocycles. The van der Waals surface area contributed by atoms with Crippen molar-refractivity contribution < 1.29 is 9.66 Å². The summed E-state index contributed by atoms with van der Waals surface area (Å²) >= 11 is 7.75. The number of rotatable bonds is 3. The van der Waals surface area contributed by atoms with Crippen molar-refractivity contribution in [2.24, 2.45) is 0 Å². The Morgan fingerprint density at radius 1 is 1.59 bits per heavy atom. The van der Waals surface area contributed by atoms with Crippen LogP contribution in [0.1, 0.15) is 16.7 Å². The molecule has 0 aliphatic carbocycles. The topological polar surface area (TPSA) is 81.4 Å². The maximum atomic E-state index is 10.8. The first kappa shape index (κ1) is 15.1. The molecule has 1 saturated heterocycles. The van der Waals surface area contributed by atoms with Crippen LogP contribution in [0, 0.1) is 17.0 Å². The molecule has 116 valence electrons. The van der Waals surface area contributed by atoms with Crippen LogP contribution in [-0.4, -0.2) is 34.6 Å². The first-order valence-corrected chi connectivity index (χ1v) is 7.88. The van der Waals surface area contributed by atoms with Crippen LogP contribution in [0.15, 0.2) is 17.6 Å². The Balaban J connectivity index is 1.95. The molecule has 0 N–H and O–H groups in total. The molecule has 1 atom stereocenters. The lowest BCUT2D eigenvalue weighted by Gasteiger charge is -2.35. The van der Waals surface area contributed by atoms with Crippen LogP contribution in [-0.2, 0) is 4.74 Å². The van der Waals surface area contributed by atoms with Gasteiger partial charge in [-0.1, -0.05) is 11.6 Å². The summed E-state index contributed by atoms with van der Waals surface area (Å²) in [7, 11) is 0. The minimum Gasteiger partial charge on any atom is -0.377 e. The summed E-state index contributed by atoms with van der Waals surface area (Å²) in [5.41, 5.74) is 0.830. The average Bonchev–Trinajstić information content (AvgIpc) is 2.93. The van der Waals surface area contributed by atoms with E-state index in [9.17, 15) is 10.1 Å². The monoisotopic (exact) mass is 340 g/mol. The van der Waals surface area contributed by atoms with Crippen molar-refractivity contribution in [2.75, 3.05) is 24.7 Å². The highest BCUT2D eigenvalue weighted by Crippen LogP contribution is 2.35. The van der Waals surface area contributed by atoms with Gasteiger partial charge in [0, 0.05) is 23.7 Å². The van der Waals surface area contributed by atoms with E-state index in [0.29, 0.717) is 25.6 Å². The van der Waals surface area contributed by atoms with Gasteiger partial charge in [-0.2, -0.15) is 0 Å². The Hall–Kier alpha value is -1.77. The van der Waals surface area contributed by atoms with Crippen LogP contribution in [0.4, 0.5) is 11.5 Å². The lowest BCUT2D eigenvalue weighted by molar-refractivity contribution is -0.385. The van der Waals surface area contributed by atoms with Crippen molar-refractivity contribution in [2.45, 2.75) is 13.0 Å². The highest BCUT2D eigenvalue weighted by atomic mass is 35.5. The van der Waals surface area contributed by atoms with Gasteiger partial charge in [0.25, 0.3) is 5.69 Å². The molecular formula is C13H13ClN4O3S. The van der Waals surface area contributed by atoms with E-state index in [0.717, 1.165) is 10.7 Å². The first-order valence-electron chi connectivity index (χ1n) is 6.62. The number of pyridine rings is 1. The van der Waals surface area contributed by atoms with Crippen molar-refractivity contribution in [3.05, 3.63) is 43.5 Å². The molecule has 0 aromatic carbocycles. The number of nitrogens with zero attached hydrogens (tertiary/aromatic N) is 4. The number of hydrogen-bond acceptors (Lipinski definition) is 7. The minimum absolute atomic E-state index is 0.0843. The SMILES string of the molecule is Cc1csc(C2COCCN2c2ncc([N+](=O)[O-])cc2Cl)n1. The number of anilines is 1. The summed E-state index contributed by atoms with van der Waals surface area (Å²) in [6.07, 6.45) is 1.22. The molecule has 1 aliphatic rings. The second kappa shape index (κ2) is 6.15. The predicted molar refractivity (Wildman–Crippen MR) is 83.7 cm³/mol. The number of ether oxygens (including phenoxy) is 1. The summed E-state index contributed by atoms with van der Waals surface area (Å²) < 4.78 is 5.55. The van der Waals surface area contributed by atoms with Gasteiger partial charge in [-0.15, -0.1) is 11.3 Å². The highest BCUT2D eigenvalue weighted by Gasteiger charge is 2.30. The number of morpholine rings is 1. The molecular weight excluding hydrogens is 328 g/mol. The molecule has 0 saturated carbocycles. The quantitative estimate of drug-likeness (QED) is 0.631. The fourth-order valence-electron chi connectivity index (χ4n) is 2.32. The molecule has 0 radical (unpaired) electrons. The van der Waals surface area contributed by atoms with E-state index in [1.807, 2.05) is 17.2 Å². The zero-order chi connectivity index (χ0) is 15.7. The lowest BCUT2D eigenvalue weighted by Crippen LogP contribution is -2.40. The van der Waals surface area contributed by atoms with Crippen molar-refractivity contribution in [3.63, 3.8) is 0 Å². The number of hydrogen-bond donors (Lipinski definition) is 0. The van der Waals surface area contributed by atoms with Gasteiger partial charge in [0.15, 0.2) is 0 Å². The molecule has 0 amide bonds. The maximum Gasteiger partial charge on any atom is 0.289 e. The van der Waals surface area contributed by atoms with Crippen LogP contribution in [0.5, 0.6) is 0 Å². The molecule has 9 heteroatoms. The summed E-state index contributed by atoms with van der Waals surface area (Å²) in [6, 6.07) is 1.24. The van der Waals surface area contributed by atoms with Crippen LogP contribution < -0.4 is 4.90 Å². The van der Waals surface area contributed by atoms with E-state index in [4.69, 9.17) is 16.3 Å². The molecule has 0 spiro atoms. The number of aryl methyl sites for hydroxylation is 1. The lowest BCUT2D eigenvalue weighted by atomic mass is 10.2. The molecule has 2 aromatic rings. The molecule has 0 bridgehead atoms. The summed E-state index contributed by atoms with van der Waals surface area (Å²) in [5, 5.41) is 14.0. The van der Waals surface area contributed by atoms with Crippen LogP contribution in [0.25, 0.3) is 0 Å². The van der Waals surface area contributed by atoms with E-state index < -0.39 is 4.92 Å². The maximum absolute atomic E-state index is 10.8. The van der Waals surface area contributed by atoms with Crippen molar-refractivity contribution >= 4 is 34.4 Å². The summed E-state index contributed by atoms with van der Waals surface area (Å²) in [5.74, 6) is 0.522. The number of aromatic nitrogens is 2. The Morgan fingerprint density at radius 2 is 2.41 bits per heavy atom. The molecule has 3 heterocycles. The van der Waals surface area contributed by atoms with Gasteiger partial charge in [-0.3, -0.25) is 10.1 Å². The molecule has 1 aliphatic heterocycles. The van der Waals surface area contributed by atoms with E-state index in [2.05, 4.69) is 9.97 Å². The Bertz CT molecular complexity index is 708. The minimum atomic E-state index is -0.510. The van der Waals surface area contributed by atoms with Gasteiger partial charge in [-0.05, 0) is 6.92 Å². The van der Waals surface area contributed by atoms with Crippen LogP contribution in [0.2, 0.25) is 5.02 Å². The van der Waals surface area contributed by atoms with Gasteiger partial charge in [0.05, 0.1) is 23.2 Å². The Labute approximate surface area is 135 Å². The van der Waals surface area contributed by atoms with Gasteiger partial charge in [0.2, 0.25) is 0 Å².